The second-order valence-electron chi connectivity index (χ2n) is 6.12. The Morgan fingerprint density at radius 1 is 1.25 bits per heavy atom. The fourth-order valence-corrected chi connectivity index (χ4v) is 2.84. The molecule has 0 bridgehead atoms. The van der Waals surface area contributed by atoms with Crippen molar-refractivity contribution in [3.63, 3.8) is 0 Å². The lowest BCUT2D eigenvalue weighted by Crippen LogP contribution is -2.30. The summed E-state index contributed by atoms with van der Waals surface area (Å²) in [4.78, 5) is 2.58. The molecule has 0 radical (unpaired) electrons. The average Bonchev–Trinajstić information content (AvgIpc) is 2.90. The van der Waals surface area contributed by atoms with Crippen LogP contribution in [0.2, 0.25) is 0 Å². The highest BCUT2D eigenvalue weighted by Gasteiger charge is 2.23. The minimum Gasteiger partial charge on any atom is -0.380 e. The van der Waals surface area contributed by atoms with Crippen molar-refractivity contribution in [3.8, 4) is 0 Å². The van der Waals surface area contributed by atoms with E-state index < -0.39 is 0 Å². The summed E-state index contributed by atoms with van der Waals surface area (Å²) < 4.78 is 5.13. The molecule has 1 unspecified atom stereocenters. The van der Waals surface area contributed by atoms with Crippen LogP contribution in [-0.2, 0) is 17.9 Å². The second kappa shape index (κ2) is 7.77. The van der Waals surface area contributed by atoms with E-state index in [4.69, 9.17) is 4.74 Å². The van der Waals surface area contributed by atoms with Gasteiger partial charge in [-0.2, -0.15) is 0 Å². The summed E-state index contributed by atoms with van der Waals surface area (Å²) in [7, 11) is 1.73. The summed E-state index contributed by atoms with van der Waals surface area (Å²) in [5.74, 6) is 0.810. The van der Waals surface area contributed by atoms with E-state index in [1.54, 1.807) is 7.11 Å². The number of hydrogen-bond donors (Lipinski definition) is 1. The Kier molecular flexibility index (Phi) is 6.02. The number of rotatable bonds is 7. The number of likely N-dealkylation sites (tertiary alicyclic amines) is 1. The molecule has 0 amide bonds. The van der Waals surface area contributed by atoms with Crippen molar-refractivity contribution in [3.05, 3.63) is 35.4 Å². The Bertz CT molecular complexity index is 388. The Morgan fingerprint density at radius 3 is 2.55 bits per heavy atom. The van der Waals surface area contributed by atoms with Crippen molar-refractivity contribution in [1.29, 1.82) is 0 Å². The van der Waals surface area contributed by atoms with E-state index in [2.05, 4.69) is 48.3 Å². The predicted molar refractivity (Wildman–Crippen MR) is 83.7 cm³/mol. The number of nitrogens with one attached hydrogen (secondary N) is 1. The van der Waals surface area contributed by atoms with Crippen molar-refractivity contribution in [2.45, 2.75) is 39.5 Å². The molecule has 0 saturated carbocycles. The first-order valence-corrected chi connectivity index (χ1v) is 7.70. The quantitative estimate of drug-likeness (QED) is 0.828. The molecule has 1 aliphatic rings. The van der Waals surface area contributed by atoms with E-state index in [0.29, 0.717) is 12.6 Å². The summed E-state index contributed by atoms with van der Waals surface area (Å²) >= 11 is 0. The van der Waals surface area contributed by atoms with E-state index in [1.807, 2.05) is 0 Å². The van der Waals surface area contributed by atoms with Gasteiger partial charge in [0.05, 0.1) is 6.61 Å². The maximum absolute atomic E-state index is 5.13. The van der Waals surface area contributed by atoms with Gasteiger partial charge in [0.2, 0.25) is 0 Å². The zero-order valence-electron chi connectivity index (χ0n) is 13.1. The van der Waals surface area contributed by atoms with Crippen LogP contribution >= 0.6 is 0 Å². The molecular weight excluding hydrogens is 248 g/mol. The van der Waals surface area contributed by atoms with Crippen molar-refractivity contribution in [2.24, 2.45) is 5.92 Å². The van der Waals surface area contributed by atoms with E-state index >= 15 is 0 Å². The van der Waals surface area contributed by atoms with Crippen LogP contribution in [0.5, 0.6) is 0 Å². The molecule has 1 N–H and O–H groups in total. The topological polar surface area (TPSA) is 24.5 Å². The second-order valence-corrected chi connectivity index (χ2v) is 6.12. The van der Waals surface area contributed by atoms with Gasteiger partial charge in [0.15, 0.2) is 0 Å². The first-order chi connectivity index (χ1) is 9.69. The lowest BCUT2D eigenvalue weighted by molar-refractivity contribution is 0.185. The molecule has 1 saturated heterocycles. The molecule has 1 heterocycles. The highest BCUT2D eigenvalue weighted by atomic mass is 16.5. The Labute approximate surface area is 123 Å². The first kappa shape index (κ1) is 15.5. The lowest BCUT2D eigenvalue weighted by Gasteiger charge is -2.20. The normalized spacial score (nSPS) is 19.9. The minimum absolute atomic E-state index is 0.688. The van der Waals surface area contributed by atoms with Crippen LogP contribution in [-0.4, -0.2) is 37.7 Å². The molecule has 1 aliphatic heterocycles. The fourth-order valence-electron chi connectivity index (χ4n) is 2.84. The highest BCUT2D eigenvalue weighted by molar-refractivity contribution is 5.21. The van der Waals surface area contributed by atoms with Crippen LogP contribution in [0, 0.1) is 5.92 Å². The van der Waals surface area contributed by atoms with Crippen molar-refractivity contribution in [2.75, 3.05) is 26.7 Å². The molecule has 0 spiro atoms. The Hall–Kier alpha value is -0.900. The van der Waals surface area contributed by atoms with Gasteiger partial charge in [-0.25, -0.2) is 0 Å². The molecule has 3 nitrogen and oxygen atoms in total. The van der Waals surface area contributed by atoms with Gasteiger partial charge >= 0.3 is 0 Å². The van der Waals surface area contributed by atoms with Gasteiger partial charge in [-0.1, -0.05) is 24.3 Å². The van der Waals surface area contributed by atoms with Gasteiger partial charge in [-0.3, -0.25) is 0 Å². The summed E-state index contributed by atoms with van der Waals surface area (Å²) in [5.41, 5.74) is 2.59. The number of methoxy groups -OCH3 is 1. The summed E-state index contributed by atoms with van der Waals surface area (Å²) in [6.07, 6.45) is 1.33. The zero-order chi connectivity index (χ0) is 14.4. The number of benzene rings is 1. The summed E-state index contributed by atoms with van der Waals surface area (Å²) in [6, 6.07) is 9.37. The maximum Gasteiger partial charge on any atom is 0.0713 e. The van der Waals surface area contributed by atoms with Crippen LogP contribution in [0.3, 0.4) is 0 Å². The molecule has 1 atom stereocenters. The van der Waals surface area contributed by atoms with E-state index in [-0.39, 0.29) is 0 Å². The van der Waals surface area contributed by atoms with Crippen LogP contribution < -0.4 is 5.32 Å². The van der Waals surface area contributed by atoms with Crippen molar-refractivity contribution in [1.82, 2.24) is 10.2 Å². The fraction of sp³-hybridized carbons (Fsp3) is 0.647. The first-order valence-electron chi connectivity index (χ1n) is 7.70. The van der Waals surface area contributed by atoms with E-state index in [1.165, 1.54) is 30.6 Å². The monoisotopic (exact) mass is 276 g/mol. The minimum atomic E-state index is 0.688. The third-order valence-corrected chi connectivity index (χ3v) is 4.14. The summed E-state index contributed by atoms with van der Waals surface area (Å²) in [5, 5.41) is 3.60. The van der Waals surface area contributed by atoms with E-state index in [9.17, 15) is 0 Å². The number of hydrogen-bond acceptors (Lipinski definition) is 3. The summed E-state index contributed by atoms with van der Waals surface area (Å²) in [6.45, 7) is 9.87. The molecule has 3 heteroatoms. The maximum atomic E-state index is 5.13. The number of ether oxygens (including phenoxy) is 1. The van der Waals surface area contributed by atoms with Gasteiger partial charge in [-0.05, 0) is 50.4 Å². The molecule has 2 rings (SSSR count). The van der Waals surface area contributed by atoms with Gasteiger partial charge in [0, 0.05) is 26.2 Å². The van der Waals surface area contributed by atoms with Crippen molar-refractivity contribution >= 4 is 0 Å². The molecule has 20 heavy (non-hydrogen) atoms. The third kappa shape index (κ3) is 4.58. The third-order valence-electron chi connectivity index (χ3n) is 4.14. The SMILES string of the molecule is COCc1ccc(CNCC2CCN(C(C)C)C2)cc1. The molecule has 0 aliphatic carbocycles. The van der Waals surface area contributed by atoms with Crippen LogP contribution in [0.15, 0.2) is 24.3 Å². The van der Waals surface area contributed by atoms with Crippen LogP contribution in [0.25, 0.3) is 0 Å². The molecule has 1 aromatic rings. The Morgan fingerprint density at radius 2 is 1.95 bits per heavy atom. The van der Waals surface area contributed by atoms with Crippen LogP contribution in [0.1, 0.15) is 31.4 Å². The van der Waals surface area contributed by atoms with Gasteiger partial charge in [0.1, 0.15) is 0 Å². The Balaban J connectivity index is 1.68. The van der Waals surface area contributed by atoms with Gasteiger partial charge < -0.3 is 15.0 Å². The highest BCUT2D eigenvalue weighted by Crippen LogP contribution is 2.17. The molecule has 0 aromatic heterocycles. The van der Waals surface area contributed by atoms with E-state index in [0.717, 1.165) is 19.0 Å². The largest absolute Gasteiger partial charge is 0.380 e. The van der Waals surface area contributed by atoms with Gasteiger partial charge in [-0.15, -0.1) is 0 Å². The molecule has 112 valence electrons. The number of nitrogens with zero attached hydrogens (tertiary/aromatic N) is 1. The predicted octanol–water partition coefficient (Wildman–Crippen LogP) is 2.65. The average molecular weight is 276 g/mol. The zero-order valence-corrected chi connectivity index (χ0v) is 13.1. The molecule has 1 fully saturated rings. The van der Waals surface area contributed by atoms with Gasteiger partial charge in [0.25, 0.3) is 0 Å². The molecule has 1 aromatic carbocycles. The van der Waals surface area contributed by atoms with Crippen LogP contribution in [0.4, 0.5) is 0 Å². The molecular formula is C17H28N2O. The smallest absolute Gasteiger partial charge is 0.0713 e. The standard InChI is InChI=1S/C17H28N2O/c1-14(2)19-9-8-17(12-19)11-18-10-15-4-6-16(7-5-15)13-20-3/h4-7,14,17-18H,8-13H2,1-3H3. The van der Waals surface area contributed by atoms with Crippen molar-refractivity contribution < 1.29 is 4.74 Å². The lowest BCUT2D eigenvalue weighted by atomic mass is 10.1.